The Labute approximate surface area is 149 Å². The third-order valence-electron chi connectivity index (χ3n) is 5.77. The second-order valence-electron chi connectivity index (χ2n) is 7.26. The van der Waals surface area contributed by atoms with E-state index in [-0.39, 0.29) is 5.92 Å². The Hall–Kier alpha value is -0.750. The zero-order valence-electron chi connectivity index (χ0n) is 14.7. The minimum absolute atomic E-state index is 0.151. The molecular weight excluding hydrogens is 324 g/mol. The molecule has 0 aromatic rings. The van der Waals surface area contributed by atoms with Crippen molar-refractivity contribution in [1.82, 2.24) is 9.80 Å². The largest absolute Gasteiger partial charge is 0.381 e. The molecule has 3 aliphatic rings. The molecule has 5 nitrogen and oxygen atoms in total. The zero-order valence-corrected chi connectivity index (χ0v) is 15.6. The number of nitrogens with zero attached hydrogens (tertiary/aromatic N) is 2. The molecule has 0 radical (unpaired) electrons. The quantitative estimate of drug-likeness (QED) is 0.709. The van der Waals surface area contributed by atoms with E-state index < -0.39 is 0 Å². The highest BCUT2D eigenvalue weighted by Crippen LogP contribution is 2.32. The summed E-state index contributed by atoms with van der Waals surface area (Å²) in [5.41, 5.74) is 0. The number of ether oxygens (including phenoxy) is 1. The minimum atomic E-state index is 0.151. The van der Waals surface area contributed by atoms with Crippen molar-refractivity contribution in [2.75, 3.05) is 44.9 Å². The standard InChI is InChI=1S/C18H30N2O3S/c1-24-12-2-8-20-16-5-9-19(13-15(16)3-4-17(20)21)18(22)14-6-10-23-11-7-14/h14-16H,2-13H2,1H3/t15-,16+/m0/s1. The van der Waals surface area contributed by atoms with Crippen LogP contribution in [0.2, 0.25) is 0 Å². The van der Waals surface area contributed by atoms with Gasteiger partial charge in [-0.1, -0.05) is 0 Å². The van der Waals surface area contributed by atoms with Gasteiger partial charge in [-0.2, -0.15) is 11.8 Å². The van der Waals surface area contributed by atoms with Gasteiger partial charge >= 0.3 is 0 Å². The van der Waals surface area contributed by atoms with E-state index in [2.05, 4.69) is 16.1 Å². The van der Waals surface area contributed by atoms with Crippen LogP contribution in [-0.2, 0) is 14.3 Å². The van der Waals surface area contributed by atoms with Crippen LogP contribution >= 0.6 is 11.8 Å². The van der Waals surface area contributed by atoms with Crippen LogP contribution in [-0.4, -0.2) is 72.5 Å². The molecule has 3 aliphatic heterocycles. The molecule has 3 saturated heterocycles. The van der Waals surface area contributed by atoms with Crippen LogP contribution in [0.1, 0.15) is 38.5 Å². The van der Waals surface area contributed by atoms with E-state index in [0.29, 0.717) is 43.4 Å². The lowest BCUT2D eigenvalue weighted by Crippen LogP contribution is -2.57. The molecular formula is C18H30N2O3S. The van der Waals surface area contributed by atoms with Crippen molar-refractivity contribution in [2.24, 2.45) is 11.8 Å². The number of fused-ring (bicyclic) bond motifs is 1. The number of thioether (sulfide) groups is 1. The minimum Gasteiger partial charge on any atom is -0.381 e. The maximum atomic E-state index is 12.8. The van der Waals surface area contributed by atoms with Gasteiger partial charge in [-0.05, 0) is 50.0 Å². The van der Waals surface area contributed by atoms with Crippen molar-refractivity contribution in [3.8, 4) is 0 Å². The molecule has 0 spiro atoms. The Balaban J connectivity index is 1.57. The van der Waals surface area contributed by atoms with Crippen molar-refractivity contribution in [3.05, 3.63) is 0 Å². The summed E-state index contributed by atoms with van der Waals surface area (Å²) >= 11 is 1.84. The average molecular weight is 355 g/mol. The smallest absolute Gasteiger partial charge is 0.225 e. The molecule has 3 fully saturated rings. The summed E-state index contributed by atoms with van der Waals surface area (Å²) in [6, 6.07) is 0.354. The summed E-state index contributed by atoms with van der Waals surface area (Å²) in [4.78, 5) is 29.3. The van der Waals surface area contributed by atoms with Gasteiger partial charge in [-0.25, -0.2) is 0 Å². The lowest BCUT2D eigenvalue weighted by Gasteiger charge is -2.47. The molecule has 0 aromatic carbocycles. The Bertz CT molecular complexity index is 454. The summed E-state index contributed by atoms with van der Waals surface area (Å²) in [5.74, 6) is 2.37. The average Bonchev–Trinajstić information content (AvgIpc) is 2.63. The number of hydrogen-bond donors (Lipinski definition) is 0. The van der Waals surface area contributed by atoms with E-state index in [1.165, 1.54) is 0 Å². The van der Waals surface area contributed by atoms with Crippen LogP contribution in [0.5, 0.6) is 0 Å². The number of rotatable bonds is 5. The van der Waals surface area contributed by atoms with Gasteiger partial charge in [0, 0.05) is 51.2 Å². The number of carbonyl (C=O) groups is 2. The van der Waals surface area contributed by atoms with Crippen LogP contribution in [0.25, 0.3) is 0 Å². The Morgan fingerprint density at radius 3 is 2.79 bits per heavy atom. The first kappa shape index (κ1) is 18.1. The van der Waals surface area contributed by atoms with Crippen molar-refractivity contribution < 1.29 is 14.3 Å². The lowest BCUT2D eigenvalue weighted by molar-refractivity contribution is -0.147. The number of likely N-dealkylation sites (tertiary alicyclic amines) is 2. The van der Waals surface area contributed by atoms with Gasteiger partial charge in [0.15, 0.2) is 0 Å². The molecule has 0 bridgehead atoms. The topological polar surface area (TPSA) is 49.9 Å². The van der Waals surface area contributed by atoms with Crippen LogP contribution in [0.4, 0.5) is 0 Å². The van der Waals surface area contributed by atoms with E-state index in [4.69, 9.17) is 4.74 Å². The molecule has 2 amide bonds. The van der Waals surface area contributed by atoms with Gasteiger partial charge in [0.25, 0.3) is 0 Å². The van der Waals surface area contributed by atoms with Crippen LogP contribution < -0.4 is 0 Å². The molecule has 0 aliphatic carbocycles. The fourth-order valence-corrected chi connectivity index (χ4v) is 4.84. The first-order valence-corrected chi connectivity index (χ1v) is 10.7. The molecule has 2 atom stereocenters. The molecule has 3 rings (SSSR count). The van der Waals surface area contributed by atoms with Gasteiger partial charge in [-0.3, -0.25) is 9.59 Å². The number of piperidine rings is 2. The van der Waals surface area contributed by atoms with Crippen molar-refractivity contribution >= 4 is 23.6 Å². The second kappa shape index (κ2) is 8.56. The fourth-order valence-electron chi connectivity index (χ4n) is 4.42. The van der Waals surface area contributed by atoms with E-state index >= 15 is 0 Å². The van der Waals surface area contributed by atoms with Gasteiger partial charge < -0.3 is 14.5 Å². The molecule has 0 N–H and O–H groups in total. The van der Waals surface area contributed by atoms with Crippen LogP contribution in [0, 0.1) is 11.8 Å². The highest BCUT2D eigenvalue weighted by atomic mass is 32.2. The van der Waals surface area contributed by atoms with Gasteiger partial charge in [-0.15, -0.1) is 0 Å². The molecule has 24 heavy (non-hydrogen) atoms. The summed E-state index contributed by atoms with van der Waals surface area (Å²) in [7, 11) is 0. The van der Waals surface area contributed by atoms with Crippen molar-refractivity contribution in [3.63, 3.8) is 0 Å². The SMILES string of the molecule is CSCCCN1C(=O)CC[C@H]2CN(C(=O)C3CCOCC3)CC[C@H]21. The molecule has 0 saturated carbocycles. The maximum absolute atomic E-state index is 12.8. The number of hydrogen-bond acceptors (Lipinski definition) is 4. The van der Waals surface area contributed by atoms with E-state index in [1.807, 2.05) is 11.8 Å². The third kappa shape index (κ3) is 4.07. The number of carbonyl (C=O) groups excluding carboxylic acids is 2. The van der Waals surface area contributed by atoms with Crippen molar-refractivity contribution in [2.45, 2.75) is 44.6 Å². The molecule has 3 heterocycles. The van der Waals surface area contributed by atoms with E-state index in [0.717, 1.165) is 57.5 Å². The highest BCUT2D eigenvalue weighted by molar-refractivity contribution is 7.98. The van der Waals surface area contributed by atoms with Crippen LogP contribution in [0.3, 0.4) is 0 Å². The predicted octanol–water partition coefficient (Wildman–Crippen LogP) is 2.01. The summed E-state index contributed by atoms with van der Waals surface area (Å²) in [6.07, 6.45) is 7.46. The van der Waals surface area contributed by atoms with E-state index in [9.17, 15) is 9.59 Å². The summed E-state index contributed by atoms with van der Waals surface area (Å²) < 4.78 is 5.38. The molecule has 0 aromatic heterocycles. The first-order chi connectivity index (χ1) is 11.7. The van der Waals surface area contributed by atoms with E-state index in [1.54, 1.807) is 0 Å². The predicted molar refractivity (Wildman–Crippen MR) is 96.0 cm³/mol. The van der Waals surface area contributed by atoms with Gasteiger partial charge in [0.1, 0.15) is 0 Å². The third-order valence-corrected chi connectivity index (χ3v) is 6.47. The Kier molecular flexibility index (Phi) is 6.44. The zero-order chi connectivity index (χ0) is 16.9. The van der Waals surface area contributed by atoms with Crippen molar-refractivity contribution in [1.29, 1.82) is 0 Å². The van der Waals surface area contributed by atoms with Crippen LogP contribution in [0.15, 0.2) is 0 Å². The van der Waals surface area contributed by atoms with Gasteiger partial charge in [0.2, 0.25) is 11.8 Å². The normalized spacial score (nSPS) is 28.8. The second-order valence-corrected chi connectivity index (χ2v) is 8.24. The Morgan fingerprint density at radius 1 is 1.25 bits per heavy atom. The monoisotopic (exact) mass is 354 g/mol. The molecule has 6 heteroatoms. The van der Waals surface area contributed by atoms with Gasteiger partial charge in [0.05, 0.1) is 0 Å². The molecule has 136 valence electrons. The lowest BCUT2D eigenvalue weighted by atomic mass is 9.82. The summed E-state index contributed by atoms with van der Waals surface area (Å²) in [6.45, 7) is 3.97. The summed E-state index contributed by atoms with van der Waals surface area (Å²) in [5, 5.41) is 0. The maximum Gasteiger partial charge on any atom is 0.225 e. The first-order valence-electron chi connectivity index (χ1n) is 9.35. The molecule has 0 unspecified atom stereocenters. The number of amides is 2. The fraction of sp³-hybridized carbons (Fsp3) is 0.889. The highest BCUT2D eigenvalue weighted by Gasteiger charge is 2.41. The Morgan fingerprint density at radius 2 is 2.04 bits per heavy atom.